The van der Waals surface area contributed by atoms with Crippen LogP contribution in [0.5, 0.6) is 0 Å². The summed E-state index contributed by atoms with van der Waals surface area (Å²) < 4.78 is 10.5. The summed E-state index contributed by atoms with van der Waals surface area (Å²) in [6.07, 6.45) is 0.342. The number of rotatable bonds is 5. The van der Waals surface area contributed by atoms with E-state index < -0.39 is 0 Å². The molecule has 8 nitrogen and oxygen atoms in total. The number of aryl methyl sites for hydroxylation is 2. The number of piperazine rings is 1. The van der Waals surface area contributed by atoms with Gasteiger partial charge in [0.25, 0.3) is 0 Å². The number of hydrogen-bond acceptors (Lipinski definition) is 8. The predicted molar refractivity (Wildman–Crippen MR) is 99.1 cm³/mol. The Balaban J connectivity index is 1.29. The number of aromatic nitrogens is 3. The van der Waals surface area contributed by atoms with Gasteiger partial charge in [-0.15, -0.1) is 0 Å². The van der Waals surface area contributed by atoms with Crippen LogP contribution >= 0.6 is 11.3 Å². The molecule has 0 radical (unpaired) electrons. The molecule has 9 heteroatoms. The number of hydrogen-bond donors (Lipinski definition) is 0. The summed E-state index contributed by atoms with van der Waals surface area (Å²) in [6, 6.07) is 1.97. The van der Waals surface area contributed by atoms with E-state index in [-0.39, 0.29) is 5.91 Å². The van der Waals surface area contributed by atoms with Gasteiger partial charge in [0.1, 0.15) is 5.76 Å². The van der Waals surface area contributed by atoms with Gasteiger partial charge in [-0.05, 0) is 25.3 Å². The van der Waals surface area contributed by atoms with Crippen molar-refractivity contribution in [2.45, 2.75) is 26.8 Å². The second-order valence-corrected chi connectivity index (χ2v) is 7.44. The second kappa shape index (κ2) is 7.61. The standard InChI is InChI=1S/C18H21N5O3S/c1-12-15(13(2)25-20-12)9-17(24)23-6-4-22(5-7-23)10-16-19-18(21-26-16)14-3-8-27-11-14/h3,8,11H,4-7,9-10H2,1-2H3. The molecule has 3 aromatic heterocycles. The Bertz CT molecular complexity index is 890. The first kappa shape index (κ1) is 17.9. The van der Waals surface area contributed by atoms with Crippen LogP contribution in [-0.2, 0) is 17.8 Å². The molecule has 27 heavy (non-hydrogen) atoms. The van der Waals surface area contributed by atoms with E-state index in [9.17, 15) is 4.79 Å². The fourth-order valence-corrected chi connectivity index (χ4v) is 3.83. The molecule has 4 rings (SSSR count). The summed E-state index contributed by atoms with van der Waals surface area (Å²) in [5.41, 5.74) is 2.66. The molecule has 0 spiro atoms. The Labute approximate surface area is 160 Å². The molecule has 4 heterocycles. The van der Waals surface area contributed by atoms with E-state index in [2.05, 4.69) is 20.2 Å². The third-order valence-corrected chi connectivity index (χ3v) is 5.52. The number of amides is 1. The van der Waals surface area contributed by atoms with Crippen molar-refractivity contribution in [1.82, 2.24) is 25.1 Å². The maximum absolute atomic E-state index is 12.6. The number of carbonyl (C=O) groups excluding carboxylic acids is 1. The minimum atomic E-state index is 0.113. The van der Waals surface area contributed by atoms with Crippen LogP contribution in [-0.4, -0.2) is 57.2 Å². The summed E-state index contributed by atoms with van der Waals surface area (Å²) in [7, 11) is 0. The molecule has 0 aliphatic carbocycles. The van der Waals surface area contributed by atoms with Crippen LogP contribution in [0.25, 0.3) is 11.4 Å². The maximum atomic E-state index is 12.6. The average Bonchev–Trinajstić information content (AvgIpc) is 3.41. The lowest BCUT2D eigenvalue weighted by Crippen LogP contribution is -2.48. The van der Waals surface area contributed by atoms with Crippen LogP contribution in [0.4, 0.5) is 0 Å². The minimum Gasteiger partial charge on any atom is -0.361 e. The minimum absolute atomic E-state index is 0.113. The van der Waals surface area contributed by atoms with Crippen molar-refractivity contribution >= 4 is 17.2 Å². The molecule has 0 saturated carbocycles. The first-order valence-electron chi connectivity index (χ1n) is 8.87. The highest BCUT2D eigenvalue weighted by Crippen LogP contribution is 2.19. The molecule has 1 fully saturated rings. The molecule has 1 saturated heterocycles. The van der Waals surface area contributed by atoms with Crippen LogP contribution in [0.2, 0.25) is 0 Å². The third-order valence-electron chi connectivity index (χ3n) is 4.84. The van der Waals surface area contributed by atoms with Gasteiger partial charge in [0.05, 0.1) is 18.7 Å². The van der Waals surface area contributed by atoms with Crippen molar-refractivity contribution in [3.63, 3.8) is 0 Å². The van der Waals surface area contributed by atoms with Gasteiger partial charge in [0.15, 0.2) is 0 Å². The van der Waals surface area contributed by atoms with Gasteiger partial charge < -0.3 is 13.9 Å². The Morgan fingerprint density at radius 1 is 1.19 bits per heavy atom. The van der Waals surface area contributed by atoms with E-state index in [4.69, 9.17) is 9.05 Å². The van der Waals surface area contributed by atoms with Crippen molar-refractivity contribution in [2.24, 2.45) is 0 Å². The Morgan fingerprint density at radius 2 is 2.00 bits per heavy atom. The van der Waals surface area contributed by atoms with E-state index in [0.29, 0.717) is 37.8 Å². The fourth-order valence-electron chi connectivity index (χ4n) is 3.19. The highest BCUT2D eigenvalue weighted by molar-refractivity contribution is 7.08. The highest BCUT2D eigenvalue weighted by Gasteiger charge is 2.24. The van der Waals surface area contributed by atoms with Crippen molar-refractivity contribution < 1.29 is 13.8 Å². The van der Waals surface area contributed by atoms with Crippen molar-refractivity contribution in [2.75, 3.05) is 26.2 Å². The fraction of sp³-hybridized carbons (Fsp3) is 0.444. The van der Waals surface area contributed by atoms with Crippen molar-refractivity contribution in [1.29, 1.82) is 0 Å². The van der Waals surface area contributed by atoms with E-state index in [1.165, 1.54) is 0 Å². The largest absolute Gasteiger partial charge is 0.361 e. The summed E-state index contributed by atoms with van der Waals surface area (Å²) in [5, 5.41) is 11.9. The summed E-state index contributed by atoms with van der Waals surface area (Å²) >= 11 is 1.61. The zero-order valence-electron chi connectivity index (χ0n) is 15.3. The first-order valence-corrected chi connectivity index (χ1v) is 9.81. The quantitative estimate of drug-likeness (QED) is 0.663. The normalized spacial score (nSPS) is 15.4. The molecule has 142 valence electrons. The molecule has 0 bridgehead atoms. The lowest BCUT2D eigenvalue weighted by Gasteiger charge is -2.34. The second-order valence-electron chi connectivity index (χ2n) is 6.66. The Hall–Kier alpha value is -2.52. The molecule has 0 unspecified atom stereocenters. The molecule has 0 atom stereocenters. The van der Waals surface area contributed by atoms with Crippen LogP contribution in [0.1, 0.15) is 22.9 Å². The highest BCUT2D eigenvalue weighted by atomic mass is 32.1. The summed E-state index contributed by atoms with van der Waals surface area (Å²) in [4.78, 5) is 21.1. The van der Waals surface area contributed by atoms with Gasteiger partial charge in [0.2, 0.25) is 17.6 Å². The van der Waals surface area contributed by atoms with Gasteiger partial charge in [-0.25, -0.2) is 0 Å². The lowest BCUT2D eigenvalue weighted by atomic mass is 10.1. The van der Waals surface area contributed by atoms with Gasteiger partial charge in [-0.2, -0.15) is 16.3 Å². The van der Waals surface area contributed by atoms with E-state index in [1.807, 2.05) is 35.6 Å². The van der Waals surface area contributed by atoms with Gasteiger partial charge in [-0.1, -0.05) is 10.3 Å². The third kappa shape index (κ3) is 3.93. The number of nitrogens with zero attached hydrogens (tertiary/aromatic N) is 5. The molecule has 0 aromatic carbocycles. The Kier molecular flexibility index (Phi) is 5.04. The van der Waals surface area contributed by atoms with Crippen LogP contribution in [0.15, 0.2) is 25.9 Å². The topological polar surface area (TPSA) is 88.5 Å². The Morgan fingerprint density at radius 3 is 2.67 bits per heavy atom. The number of carbonyl (C=O) groups is 1. The van der Waals surface area contributed by atoms with E-state index in [1.54, 1.807) is 11.3 Å². The molecule has 0 N–H and O–H groups in total. The molecular weight excluding hydrogens is 366 g/mol. The SMILES string of the molecule is Cc1noc(C)c1CC(=O)N1CCN(Cc2nc(-c3ccsc3)no2)CC1. The van der Waals surface area contributed by atoms with Crippen LogP contribution < -0.4 is 0 Å². The predicted octanol–water partition coefficient (Wildman–Crippen LogP) is 2.29. The zero-order chi connectivity index (χ0) is 18.8. The summed E-state index contributed by atoms with van der Waals surface area (Å²) in [5.74, 6) is 2.06. The van der Waals surface area contributed by atoms with Gasteiger partial charge >= 0.3 is 0 Å². The average molecular weight is 387 g/mol. The zero-order valence-corrected chi connectivity index (χ0v) is 16.2. The lowest BCUT2D eigenvalue weighted by molar-refractivity contribution is -0.132. The molecule has 1 aliphatic rings. The van der Waals surface area contributed by atoms with Gasteiger partial charge in [-0.3, -0.25) is 9.69 Å². The van der Waals surface area contributed by atoms with Crippen molar-refractivity contribution in [3.05, 3.63) is 39.7 Å². The maximum Gasteiger partial charge on any atom is 0.241 e. The molecular formula is C18H21N5O3S. The number of thiophene rings is 1. The monoisotopic (exact) mass is 387 g/mol. The summed E-state index contributed by atoms with van der Waals surface area (Å²) in [6.45, 7) is 7.25. The van der Waals surface area contributed by atoms with Crippen LogP contribution in [0.3, 0.4) is 0 Å². The first-order chi connectivity index (χ1) is 13.1. The molecule has 3 aromatic rings. The van der Waals surface area contributed by atoms with Gasteiger partial charge in [0, 0.05) is 42.7 Å². The molecule has 1 aliphatic heterocycles. The molecule has 1 amide bonds. The van der Waals surface area contributed by atoms with E-state index >= 15 is 0 Å². The smallest absolute Gasteiger partial charge is 0.241 e. The van der Waals surface area contributed by atoms with E-state index in [0.717, 1.165) is 35.7 Å². The van der Waals surface area contributed by atoms with Crippen molar-refractivity contribution in [3.8, 4) is 11.4 Å². The van der Waals surface area contributed by atoms with Crippen LogP contribution in [0, 0.1) is 13.8 Å².